The number of aromatic nitrogens is 2. The third-order valence-electron chi connectivity index (χ3n) is 4.76. The molecule has 0 radical (unpaired) electrons. The third-order valence-corrected chi connectivity index (χ3v) is 6.66. The van der Waals surface area contributed by atoms with E-state index in [2.05, 4.69) is 9.82 Å². The van der Waals surface area contributed by atoms with Gasteiger partial charge in [-0.25, -0.2) is 17.8 Å². The lowest BCUT2D eigenvalue weighted by atomic mass is 10.2. The number of halogens is 1. The van der Waals surface area contributed by atoms with Crippen LogP contribution in [0.5, 0.6) is 17.2 Å². The molecule has 31 heavy (non-hydrogen) atoms. The monoisotopic (exact) mass is 465 g/mol. The molecule has 0 fully saturated rings. The van der Waals surface area contributed by atoms with Gasteiger partial charge in [-0.3, -0.25) is 0 Å². The maximum absolute atomic E-state index is 13.1. The Bertz CT molecular complexity index is 1170. The van der Waals surface area contributed by atoms with Crippen LogP contribution in [0.3, 0.4) is 0 Å². The Morgan fingerprint density at radius 3 is 2.10 bits per heavy atom. The average molecular weight is 466 g/mol. The highest BCUT2D eigenvalue weighted by atomic mass is 35.5. The van der Waals surface area contributed by atoms with E-state index < -0.39 is 10.0 Å². The summed E-state index contributed by atoms with van der Waals surface area (Å²) in [4.78, 5) is 0.134. The minimum Gasteiger partial charge on any atom is -0.493 e. The average Bonchev–Trinajstić information content (AvgIpc) is 3.06. The van der Waals surface area contributed by atoms with Crippen molar-refractivity contribution in [3.8, 4) is 22.9 Å². The van der Waals surface area contributed by atoms with Crippen molar-refractivity contribution in [1.82, 2.24) is 14.5 Å². The van der Waals surface area contributed by atoms with Crippen LogP contribution in [-0.2, 0) is 16.6 Å². The molecule has 1 N–H and O–H groups in total. The first-order valence-corrected chi connectivity index (χ1v) is 11.2. The van der Waals surface area contributed by atoms with Crippen molar-refractivity contribution >= 4 is 21.6 Å². The Hall–Kier alpha value is -2.75. The van der Waals surface area contributed by atoms with Gasteiger partial charge in [0.1, 0.15) is 4.90 Å². The fourth-order valence-corrected chi connectivity index (χ4v) is 4.87. The number of nitrogens with one attached hydrogen (secondary N) is 1. The van der Waals surface area contributed by atoms with Crippen LogP contribution < -0.4 is 18.9 Å². The van der Waals surface area contributed by atoms with Gasteiger partial charge in [0.15, 0.2) is 11.5 Å². The smallest absolute Gasteiger partial charge is 0.244 e. The van der Waals surface area contributed by atoms with Crippen LogP contribution in [-0.4, -0.2) is 39.5 Å². The molecule has 166 valence electrons. The standard InChI is InChI=1S/C21H24ClN3O5S/c1-13-21(14(2)25(24-13)17-8-6-16(22)7-9-17)31(26,27)23-12-15-10-18(28-3)20(30-5)19(11-15)29-4/h6-11,23H,12H2,1-5H3. The highest BCUT2D eigenvalue weighted by molar-refractivity contribution is 7.89. The van der Waals surface area contributed by atoms with Crippen LogP contribution in [0.25, 0.3) is 5.69 Å². The molecule has 1 heterocycles. The second-order valence-electron chi connectivity index (χ2n) is 6.75. The molecule has 0 amide bonds. The first-order chi connectivity index (χ1) is 14.7. The van der Waals surface area contributed by atoms with Gasteiger partial charge >= 0.3 is 0 Å². The molecule has 10 heteroatoms. The van der Waals surface area contributed by atoms with Crippen molar-refractivity contribution in [3.63, 3.8) is 0 Å². The lowest BCUT2D eigenvalue weighted by Gasteiger charge is -2.14. The molecule has 0 atom stereocenters. The molecular weight excluding hydrogens is 442 g/mol. The number of nitrogens with zero attached hydrogens (tertiary/aromatic N) is 2. The minimum atomic E-state index is -3.84. The van der Waals surface area contributed by atoms with Gasteiger partial charge in [-0.2, -0.15) is 5.10 Å². The van der Waals surface area contributed by atoms with E-state index in [4.69, 9.17) is 25.8 Å². The number of hydrogen-bond acceptors (Lipinski definition) is 6. The summed E-state index contributed by atoms with van der Waals surface area (Å²) in [5.74, 6) is 1.32. The van der Waals surface area contributed by atoms with Crippen LogP contribution in [0.15, 0.2) is 41.3 Å². The molecule has 0 bridgehead atoms. The predicted molar refractivity (Wildman–Crippen MR) is 118 cm³/mol. The molecule has 1 aromatic heterocycles. The first-order valence-electron chi connectivity index (χ1n) is 9.32. The number of hydrogen-bond donors (Lipinski definition) is 1. The van der Waals surface area contributed by atoms with Gasteiger partial charge in [0.05, 0.1) is 38.4 Å². The SMILES string of the molecule is COc1cc(CNS(=O)(=O)c2c(C)nn(-c3ccc(Cl)cc3)c2C)cc(OC)c1OC. The fourth-order valence-electron chi connectivity index (χ4n) is 3.34. The number of methoxy groups -OCH3 is 3. The Morgan fingerprint density at radius 1 is 1.00 bits per heavy atom. The summed E-state index contributed by atoms with van der Waals surface area (Å²) in [7, 11) is 0.671. The molecule has 8 nitrogen and oxygen atoms in total. The molecule has 3 aromatic rings. The molecule has 2 aromatic carbocycles. The van der Waals surface area contributed by atoms with E-state index in [-0.39, 0.29) is 11.4 Å². The van der Waals surface area contributed by atoms with Crippen molar-refractivity contribution < 1.29 is 22.6 Å². The molecule has 0 aliphatic rings. The molecule has 3 rings (SSSR count). The minimum absolute atomic E-state index is 0.0318. The summed E-state index contributed by atoms with van der Waals surface area (Å²) in [6.07, 6.45) is 0. The second-order valence-corrected chi connectivity index (χ2v) is 8.89. The lowest BCUT2D eigenvalue weighted by molar-refractivity contribution is 0.323. The number of benzene rings is 2. The van der Waals surface area contributed by atoms with Gasteiger partial charge < -0.3 is 14.2 Å². The molecule has 0 aliphatic carbocycles. The van der Waals surface area contributed by atoms with Crippen molar-refractivity contribution in [1.29, 1.82) is 0 Å². The molecular formula is C21H24ClN3O5S. The Kier molecular flexibility index (Phi) is 6.78. The van der Waals surface area contributed by atoms with Crippen LogP contribution in [0.4, 0.5) is 0 Å². The fraction of sp³-hybridized carbons (Fsp3) is 0.286. The zero-order valence-electron chi connectivity index (χ0n) is 17.9. The van der Waals surface area contributed by atoms with Crippen molar-refractivity contribution in [3.05, 3.63) is 58.4 Å². The van der Waals surface area contributed by atoms with Gasteiger partial charge in [0, 0.05) is 11.6 Å². The van der Waals surface area contributed by atoms with Crippen LogP contribution >= 0.6 is 11.6 Å². The van der Waals surface area contributed by atoms with Gasteiger partial charge in [-0.15, -0.1) is 0 Å². The molecule has 0 spiro atoms. The third kappa shape index (κ3) is 4.63. The highest BCUT2D eigenvalue weighted by Crippen LogP contribution is 2.38. The largest absolute Gasteiger partial charge is 0.493 e. The number of ether oxygens (including phenoxy) is 3. The van der Waals surface area contributed by atoms with E-state index in [0.29, 0.717) is 39.2 Å². The Balaban J connectivity index is 1.91. The highest BCUT2D eigenvalue weighted by Gasteiger charge is 2.25. The molecule has 0 aliphatic heterocycles. The molecule has 0 saturated carbocycles. The quantitative estimate of drug-likeness (QED) is 0.546. The molecule has 0 unspecified atom stereocenters. The van der Waals surface area contributed by atoms with Crippen LogP contribution in [0.1, 0.15) is 17.0 Å². The number of rotatable bonds is 8. The van der Waals surface area contributed by atoms with E-state index in [0.717, 1.165) is 5.69 Å². The van der Waals surface area contributed by atoms with Crippen molar-refractivity contribution in [2.75, 3.05) is 21.3 Å². The lowest BCUT2D eigenvalue weighted by Crippen LogP contribution is -2.24. The van der Waals surface area contributed by atoms with Gasteiger partial charge in [0.2, 0.25) is 15.8 Å². The van der Waals surface area contributed by atoms with Crippen molar-refractivity contribution in [2.24, 2.45) is 0 Å². The van der Waals surface area contributed by atoms with Gasteiger partial charge in [0.25, 0.3) is 0 Å². The molecule has 0 saturated heterocycles. The maximum atomic E-state index is 13.1. The summed E-state index contributed by atoms with van der Waals surface area (Å²) in [6, 6.07) is 10.4. The maximum Gasteiger partial charge on any atom is 0.244 e. The Labute approximate surface area is 186 Å². The van der Waals surface area contributed by atoms with E-state index in [1.54, 1.807) is 54.9 Å². The summed E-state index contributed by atoms with van der Waals surface area (Å²) < 4.78 is 46.4. The zero-order valence-corrected chi connectivity index (χ0v) is 19.5. The van der Waals surface area contributed by atoms with Gasteiger partial charge in [-0.05, 0) is 55.8 Å². The number of aryl methyl sites for hydroxylation is 1. The van der Waals surface area contributed by atoms with E-state index in [9.17, 15) is 8.42 Å². The van der Waals surface area contributed by atoms with E-state index in [1.807, 2.05) is 0 Å². The zero-order chi connectivity index (χ0) is 22.8. The Morgan fingerprint density at radius 2 is 1.58 bits per heavy atom. The first kappa shape index (κ1) is 22.9. The summed E-state index contributed by atoms with van der Waals surface area (Å²) in [6.45, 7) is 3.40. The summed E-state index contributed by atoms with van der Waals surface area (Å²) in [5.41, 5.74) is 2.26. The van der Waals surface area contributed by atoms with E-state index in [1.165, 1.54) is 21.3 Å². The van der Waals surface area contributed by atoms with Crippen LogP contribution in [0.2, 0.25) is 5.02 Å². The predicted octanol–water partition coefficient (Wildman–Crippen LogP) is 3.65. The summed E-state index contributed by atoms with van der Waals surface area (Å²) >= 11 is 5.95. The summed E-state index contributed by atoms with van der Waals surface area (Å²) in [5, 5.41) is 4.99. The van der Waals surface area contributed by atoms with Gasteiger partial charge in [-0.1, -0.05) is 11.6 Å². The van der Waals surface area contributed by atoms with E-state index >= 15 is 0 Å². The number of sulfonamides is 1. The van der Waals surface area contributed by atoms with Crippen LogP contribution in [0, 0.1) is 13.8 Å². The second kappa shape index (κ2) is 9.17. The van der Waals surface area contributed by atoms with Crippen molar-refractivity contribution in [2.45, 2.75) is 25.3 Å². The topological polar surface area (TPSA) is 91.7 Å². The normalized spacial score (nSPS) is 11.4.